The van der Waals surface area contributed by atoms with E-state index >= 15 is 0 Å². The number of piperidine rings is 1. The van der Waals surface area contributed by atoms with E-state index in [0.717, 1.165) is 18.4 Å². The van der Waals surface area contributed by atoms with Gasteiger partial charge in [-0.1, -0.05) is 0 Å². The molecular formula is C13H23NO2. The Balaban J connectivity index is 1.73. The highest BCUT2D eigenvalue weighted by Gasteiger charge is 2.52. The number of nitrogens with zero attached hydrogens (tertiary/aromatic N) is 1. The van der Waals surface area contributed by atoms with Gasteiger partial charge in [-0.3, -0.25) is 9.69 Å². The zero-order valence-electron chi connectivity index (χ0n) is 10.6. The van der Waals surface area contributed by atoms with Crippen molar-refractivity contribution in [3.63, 3.8) is 0 Å². The summed E-state index contributed by atoms with van der Waals surface area (Å²) >= 11 is 0. The van der Waals surface area contributed by atoms with Crippen molar-refractivity contribution in [3.05, 3.63) is 0 Å². The number of ether oxygens (including phenoxy) is 1. The number of hydrogen-bond acceptors (Lipinski definition) is 3. The summed E-state index contributed by atoms with van der Waals surface area (Å²) in [7, 11) is 0. The molecule has 1 aliphatic carbocycles. The Morgan fingerprint density at radius 2 is 2.25 bits per heavy atom. The van der Waals surface area contributed by atoms with Gasteiger partial charge in [-0.15, -0.1) is 0 Å². The van der Waals surface area contributed by atoms with Gasteiger partial charge >= 0.3 is 0 Å². The van der Waals surface area contributed by atoms with Crippen LogP contribution >= 0.6 is 0 Å². The van der Waals surface area contributed by atoms with Gasteiger partial charge in [0.2, 0.25) is 0 Å². The molecule has 0 amide bonds. The summed E-state index contributed by atoms with van der Waals surface area (Å²) in [6.07, 6.45) is 1.95. The molecule has 0 bridgehead atoms. The van der Waals surface area contributed by atoms with Gasteiger partial charge in [0.1, 0.15) is 5.78 Å². The van der Waals surface area contributed by atoms with E-state index in [4.69, 9.17) is 4.74 Å². The highest BCUT2D eigenvalue weighted by Crippen LogP contribution is 2.50. The van der Waals surface area contributed by atoms with Crippen molar-refractivity contribution in [2.75, 3.05) is 19.8 Å². The van der Waals surface area contributed by atoms with Gasteiger partial charge in [-0.25, -0.2) is 0 Å². The quantitative estimate of drug-likeness (QED) is 0.645. The smallest absolute Gasteiger partial charge is 0.132 e. The fourth-order valence-corrected chi connectivity index (χ4v) is 2.84. The minimum Gasteiger partial charge on any atom is -0.379 e. The molecule has 2 fully saturated rings. The Labute approximate surface area is 98.1 Å². The average molecular weight is 225 g/mol. The number of rotatable bonds is 6. The molecule has 0 radical (unpaired) electrons. The summed E-state index contributed by atoms with van der Waals surface area (Å²) in [4.78, 5) is 13.4. The van der Waals surface area contributed by atoms with Gasteiger partial charge in [0.05, 0.1) is 13.2 Å². The van der Waals surface area contributed by atoms with Crippen molar-refractivity contribution in [1.29, 1.82) is 0 Å². The van der Waals surface area contributed by atoms with Crippen molar-refractivity contribution in [2.45, 2.75) is 45.7 Å². The van der Waals surface area contributed by atoms with Gasteiger partial charge in [-0.05, 0) is 39.0 Å². The third-order valence-electron chi connectivity index (χ3n) is 3.89. The minimum atomic E-state index is 0.219. The summed E-state index contributed by atoms with van der Waals surface area (Å²) in [5.41, 5.74) is 0. The second kappa shape index (κ2) is 4.84. The van der Waals surface area contributed by atoms with Crippen LogP contribution in [0.5, 0.6) is 0 Å². The van der Waals surface area contributed by atoms with Gasteiger partial charge < -0.3 is 4.74 Å². The van der Waals surface area contributed by atoms with Crippen molar-refractivity contribution < 1.29 is 9.53 Å². The van der Waals surface area contributed by atoms with E-state index in [1.165, 1.54) is 13.0 Å². The molecular weight excluding hydrogens is 202 g/mol. The van der Waals surface area contributed by atoms with Gasteiger partial charge in [0.25, 0.3) is 0 Å². The first-order valence-corrected chi connectivity index (χ1v) is 6.42. The molecule has 3 heteroatoms. The average Bonchev–Trinajstić information content (AvgIpc) is 2.87. The number of fused-ring (bicyclic) bond motifs is 1. The molecule has 16 heavy (non-hydrogen) atoms. The lowest BCUT2D eigenvalue weighted by Gasteiger charge is -2.30. The van der Waals surface area contributed by atoms with Crippen LogP contribution in [0.4, 0.5) is 0 Å². The maximum Gasteiger partial charge on any atom is 0.132 e. The van der Waals surface area contributed by atoms with E-state index in [2.05, 4.69) is 18.7 Å². The van der Waals surface area contributed by atoms with Crippen molar-refractivity contribution in [2.24, 2.45) is 11.8 Å². The molecule has 0 aromatic carbocycles. The van der Waals surface area contributed by atoms with E-state index in [-0.39, 0.29) is 5.78 Å². The number of likely N-dealkylation sites (tertiary alicyclic amines) is 1. The molecule has 1 heterocycles. The molecule has 0 unspecified atom stereocenters. The Kier molecular flexibility index (Phi) is 3.65. The van der Waals surface area contributed by atoms with Crippen molar-refractivity contribution in [3.8, 4) is 0 Å². The van der Waals surface area contributed by atoms with E-state index < -0.39 is 0 Å². The number of hydrogen-bond donors (Lipinski definition) is 0. The van der Waals surface area contributed by atoms with Crippen LogP contribution < -0.4 is 0 Å². The van der Waals surface area contributed by atoms with Crippen LogP contribution in [0.1, 0.15) is 33.6 Å². The number of Topliss-reactive ketones (excluding diaryl/α,β-unsaturated/α-hetero) is 1. The van der Waals surface area contributed by atoms with Crippen LogP contribution in [0.3, 0.4) is 0 Å². The summed E-state index contributed by atoms with van der Waals surface area (Å²) in [6, 6.07) is 1.23. The normalized spacial score (nSPS) is 33.1. The molecule has 0 aromatic heterocycles. The van der Waals surface area contributed by atoms with E-state index in [1.54, 1.807) is 6.92 Å². The highest BCUT2D eigenvalue weighted by atomic mass is 16.5. The Hall–Kier alpha value is -0.410. The highest BCUT2D eigenvalue weighted by molar-refractivity contribution is 5.75. The number of ketones is 1. The largest absolute Gasteiger partial charge is 0.379 e. The molecule has 1 aliphatic heterocycles. The van der Waals surface area contributed by atoms with Crippen LogP contribution in [0.25, 0.3) is 0 Å². The maximum absolute atomic E-state index is 10.8. The molecule has 2 aliphatic rings. The zero-order chi connectivity index (χ0) is 11.7. The van der Waals surface area contributed by atoms with Crippen LogP contribution in [-0.2, 0) is 9.53 Å². The Bertz CT molecular complexity index is 265. The molecule has 0 aromatic rings. The fourth-order valence-electron chi connectivity index (χ4n) is 2.84. The van der Waals surface area contributed by atoms with E-state index in [9.17, 15) is 4.79 Å². The lowest BCUT2D eigenvalue weighted by Crippen LogP contribution is -2.41. The topological polar surface area (TPSA) is 29.5 Å². The van der Waals surface area contributed by atoms with Crippen LogP contribution in [0.2, 0.25) is 0 Å². The first-order chi connectivity index (χ1) is 7.59. The van der Waals surface area contributed by atoms with Crippen LogP contribution in [0.15, 0.2) is 0 Å². The van der Waals surface area contributed by atoms with E-state index in [1.807, 2.05) is 0 Å². The number of carbonyl (C=O) groups excluding carboxylic acids is 1. The standard InChI is InChI=1S/C13H23NO2/c1-9(2)14-7-11-6-12(11)13(14)8-16-5-4-10(3)15/h9,11-13H,4-8H2,1-3H3/t11-,12-,13-/m1/s1. The first-order valence-electron chi connectivity index (χ1n) is 6.42. The summed E-state index contributed by atoms with van der Waals surface area (Å²) < 4.78 is 5.64. The summed E-state index contributed by atoms with van der Waals surface area (Å²) in [5.74, 6) is 2.03. The predicted molar refractivity (Wildman–Crippen MR) is 63.3 cm³/mol. The molecule has 3 nitrogen and oxygen atoms in total. The molecule has 2 rings (SSSR count). The lowest BCUT2D eigenvalue weighted by atomic mass is 10.1. The second-order valence-electron chi connectivity index (χ2n) is 5.54. The van der Waals surface area contributed by atoms with Crippen molar-refractivity contribution >= 4 is 5.78 Å². The van der Waals surface area contributed by atoms with Gasteiger partial charge in [0.15, 0.2) is 0 Å². The molecule has 0 N–H and O–H groups in total. The maximum atomic E-state index is 10.8. The molecule has 1 saturated carbocycles. The van der Waals surface area contributed by atoms with Gasteiger partial charge in [0, 0.05) is 25.0 Å². The third kappa shape index (κ3) is 2.64. The zero-order valence-corrected chi connectivity index (χ0v) is 10.6. The fraction of sp³-hybridized carbons (Fsp3) is 0.923. The van der Waals surface area contributed by atoms with E-state index in [0.29, 0.717) is 25.1 Å². The Morgan fingerprint density at radius 3 is 2.88 bits per heavy atom. The molecule has 3 atom stereocenters. The monoisotopic (exact) mass is 225 g/mol. The summed E-state index contributed by atoms with van der Waals surface area (Å²) in [5, 5.41) is 0. The SMILES string of the molecule is CC(=O)CCOC[C@@H]1[C@@H]2C[C@@H]2CN1C(C)C. The number of carbonyl (C=O) groups is 1. The summed E-state index contributed by atoms with van der Waals surface area (Å²) in [6.45, 7) is 8.79. The third-order valence-corrected chi connectivity index (χ3v) is 3.89. The van der Waals surface area contributed by atoms with Crippen LogP contribution in [-0.4, -0.2) is 42.5 Å². The minimum absolute atomic E-state index is 0.219. The lowest BCUT2D eigenvalue weighted by molar-refractivity contribution is -0.118. The Morgan fingerprint density at radius 1 is 1.50 bits per heavy atom. The van der Waals surface area contributed by atoms with Crippen molar-refractivity contribution in [1.82, 2.24) is 4.90 Å². The second-order valence-corrected chi connectivity index (χ2v) is 5.54. The molecule has 1 saturated heterocycles. The predicted octanol–water partition coefficient (Wildman–Crippen LogP) is 1.71. The first kappa shape index (κ1) is 12.1. The van der Waals surface area contributed by atoms with Crippen LogP contribution in [0, 0.1) is 11.8 Å². The molecule has 92 valence electrons. The van der Waals surface area contributed by atoms with Gasteiger partial charge in [-0.2, -0.15) is 0 Å². The molecule has 0 spiro atoms.